The van der Waals surface area contributed by atoms with Gasteiger partial charge >= 0.3 is 5.97 Å². The lowest BCUT2D eigenvalue weighted by Gasteiger charge is -2.36. The predicted molar refractivity (Wildman–Crippen MR) is 157 cm³/mol. The maximum atomic E-state index is 10.9. The van der Waals surface area contributed by atoms with Crippen LogP contribution in [0.2, 0.25) is 18.1 Å². The van der Waals surface area contributed by atoms with Crippen LogP contribution in [-0.2, 0) is 56.6 Å². The molecule has 13 heteroatoms. The highest BCUT2D eigenvalue weighted by Gasteiger charge is 2.36. The molecule has 0 spiro atoms. The van der Waals surface area contributed by atoms with Crippen molar-refractivity contribution in [2.45, 2.75) is 45.3 Å². The number of methoxy groups -OCH3 is 1. The molecule has 0 atom stereocenters. The molecule has 0 aliphatic heterocycles. The van der Waals surface area contributed by atoms with E-state index >= 15 is 0 Å². The smallest absolute Gasteiger partial charge is 0.307 e. The van der Waals surface area contributed by atoms with Crippen LogP contribution in [0.1, 0.15) is 27.2 Å². The lowest BCUT2D eigenvalue weighted by atomic mass is 10.2. The summed E-state index contributed by atoms with van der Waals surface area (Å²) < 4.78 is 59.6. The molecule has 0 aromatic heterocycles. The van der Waals surface area contributed by atoms with Gasteiger partial charge in [-0.25, -0.2) is 0 Å². The van der Waals surface area contributed by atoms with Gasteiger partial charge < -0.3 is 51.8 Å². The van der Waals surface area contributed by atoms with Gasteiger partial charge in [0.25, 0.3) is 0 Å². The molecule has 0 unspecified atom stereocenters. The zero-order valence-electron chi connectivity index (χ0n) is 26.5. The molecule has 0 aliphatic carbocycles. The molecule has 0 saturated carbocycles. The van der Waals surface area contributed by atoms with Crippen LogP contribution in [0.25, 0.3) is 0 Å². The highest BCUT2D eigenvalue weighted by molar-refractivity contribution is 6.74. The molecule has 0 amide bonds. The van der Waals surface area contributed by atoms with Gasteiger partial charge in [0, 0.05) is 0 Å². The topological polar surface area (TPSA) is 119 Å². The van der Waals surface area contributed by atoms with E-state index in [0.29, 0.717) is 126 Å². The second kappa shape index (κ2) is 28.1. The number of hydrogen-bond acceptors (Lipinski definition) is 12. The van der Waals surface area contributed by atoms with Crippen molar-refractivity contribution in [3.05, 3.63) is 0 Å². The average Bonchev–Trinajstić information content (AvgIpc) is 2.93. The first-order valence-corrected chi connectivity index (χ1v) is 17.5. The SMILES string of the molecule is COC(=O)CCOCCOCCOCCOCCOCCOCCOCCOCCOCCO[Si](C)(C)C(C)(C)C. The van der Waals surface area contributed by atoms with E-state index in [1.54, 1.807) is 0 Å². The number of esters is 1. The summed E-state index contributed by atoms with van der Waals surface area (Å²) in [5.41, 5.74) is 0. The third-order valence-electron chi connectivity index (χ3n) is 6.15. The van der Waals surface area contributed by atoms with E-state index in [-0.39, 0.29) is 17.4 Å². The highest BCUT2D eigenvalue weighted by Crippen LogP contribution is 2.36. The molecule has 0 aromatic carbocycles. The van der Waals surface area contributed by atoms with Crippen LogP contribution in [0.15, 0.2) is 0 Å². The van der Waals surface area contributed by atoms with E-state index in [0.717, 1.165) is 0 Å². The summed E-state index contributed by atoms with van der Waals surface area (Å²) in [6, 6.07) is 0. The standard InChI is InChI=1S/C28H58O12Si/c1-28(2,3)41(5,6)40-26-25-39-24-23-38-22-21-37-20-19-36-18-17-35-16-15-34-14-13-33-12-11-32-10-9-31-8-7-27(29)30-4/h7-26H2,1-6H3. The summed E-state index contributed by atoms with van der Waals surface area (Å²) in [5.74, 6) is -0.283. The van der Waals surface area contributed by atoms with E-state index in [9.17, 15) is 4.79 Å². The van der Waals surface area contributed by atoms with Gasteiger partial charge in [0.15, 0.2) is 8.32 Å². The Kier molecular flexibility index (Phi) is 27.6. The predicted octanol–water partition coefficient (Wildman–Crippen LogP) is 2.72. The van der Waals surface area contributed by atoms with Gasteiger partial charge in [-0.05, 0) is 18.1 Å². The van der Waals surface area contributed by atoms with Crippen molar-refractivity contribution in [3.8, 4) is 0 Å². The maximum absolute atomic E-state index is 10.9. The second-order valence-electron chi connectivity index (χ2n) is 10.4. The van der Waals surface area contributed by atoms with Crippen LogP contribution < -0.4 is 0 Å². The van der Waals surface area contributed by atoms with Gasteiger partial charge in [-0.2, -0.15) is 0 Å². The quantitative estimate of drug-likeness (QED) is 0.0649. The Balaban J connectivity index is 3.14. The van der Waals surface area contributed by atoms with Crippen LogP contribution in [0.3, 0.4) is 0 Å². The Morgan fingerprint density at radius 1 is 0.463 bits per heavy atom. The summed E-state index contributed by atoms with van der Waals surface area (Å²) in [5, 5.41) is 0.216. The van der Waals surface area contributed by atoms with E-state index < -0.39 is 8.32 Å². The molecule has 0 saturated heterocycles. The molecule has 0 bridgehead atoms. The lowest BCUT2D eigenvalue weighted by Crippen LogP contribution is -2.41. The zero-order chi connectivity index (χ0) is 30.5. The van der Waals surface area contributed by atoms with Crippen molar-refractivity contribution >= 4 is 14.3 Å². The van der Waals surface area contributed by atoms with Crippen molar-refractivity contribution in [2.75, 3.05) is 133 Å². The number of rotatable bonds is 31. The van der Waals surface area contributed by atoms with Gasteiger partial charge in [-0.3, -0.25) is 4.79 Å². The Labute approximate surface area is 249 Å². The normalized spacial score (nSPS) is 12.2. The molecule has 12 nitrogen and oxygen atoms in total. The van der Waals surface area contributed by atoms with E-state index in [2.05, 4.69) is 38.6 Å². The molecule has 0 fully saturated rings. The second-order valence-corrected chi connectivity index (χ2v) is 15.3. The zero-order valence-corrected chi connectivity index (χ0v) is 27.5. The summed E-state index contributed by atoms with van der Waals surface area (Å²) in [6.45, 7) is 20.8. The Hall–Kier alpha value is -0.713. The minimum absolute atomic E-state index is 0.216. The summed E-state index contributed by atoms with van der Waals surface area (Å²) >= 11 is 0. The van der Waals surface area contributed by atoms with Gasteiger partial charge in [0.05, 0.1) is 139 Å². The van der Waals surface area contributed by atoms with Crippen molar-refractivity contribution in [1.29, 1.82) is 0 Å². The Morgan fingerprint density at radius 2 is 0.707 bits per heavy atom. The third kappa shape index (κ3) is 27.8. The van der Waals surface area contributed by atoms with Gasteiger partial charge in [0.2, 0.25) is 0 Å². The van der Waals surface area contributed by atoms with Gasteiger partial charge in [-0.15, -0.1) is 0 Å². The minimum Gasteiger partial charge on any atom is -0.469 e. The van der Waals surface area contributed by atoms with Gasteiger partial charge in [-0.1, -0.05) is 20.8 Å². The molecule has 0 aliphatic rings. The summed E-state index contributed by atoms with van der Waals surface area (Å²) in [7, 11) is -0.342. The van der Waals surface area contributed by atoms with Crippen LogP contribution in [-0.4, -0.2) is 147 Å². The van der Waals surface area contributed by atoms with E-state index in [4.69, 9.17) is 47.1 Å². The Bertz CT molecular complexity index is 575. The lowest BCUT2D eigenvalue weighted by molar-refractivity contribution is -0.141. The minimum atomic E-state index is -1.70. The van der Waals surface area contributed by atoms with Crippen molar-refractivity contribution in [3.63, 3.8) is 0 Å². The van der Waals surface area contributed by atoms with Gasteiger partial charge in [0.1, 0.15) is 0 Å². The van der Waals surface area contributed by atoms with Crippen LogP contribution >= 0.6 is 0 Å². The molecule has 0 radical (unpaired) electrons. The number of ether oxygens (including phenoxy) is 10. The van der Waals surface area contributed by atoms with Crippen LogP contribution in [0, 0.1) is 0 Å². The fourth-order valence-electron chi connectivity index (χ4n) is 2.69. The Morgan fingerprint density at radius 3 is 0.951 bits per heavy atom. The molecule has 0 N–H and O–H groups in total. The van der Waals surface area contributed by atoms with Crippen LogP contribution in [0.4, 0.5) is 0 Å². The summed E-state index contributed by atoms with van der Waals surface area (Å²) in [6.07, 6.45) is 0.248. The first-order valence-electron chi connectivity index (χ1n) is 14.6. The molecule has 41 heavy (non-hydrogen) atoms. The largest absolute Gasteiger partial charge is 0.469 e. The first-order chi connectivity index (χ1) is 19.7. The molecule has 246 valence electrons. The molecular formula is C28H58O12Si. The van der Waals surface area contributed by atoms with Crippen molar-refractivity contribution in [2.24, 2.45) is 0 Å². The van der Waals surface area contributed by atoms with E-state index in [1.165, 1.54) is 7.11 Å². The van der Waals surface area contributed by atoms with Crippen molar-refractivity contribution in [1.82, 2.24) is 0 Å². The molecular weight excluding hydrogens is 556 g/mol. The first kappa shape index (κ1) is 40.3. The highest BCUT2D eigenvalue weighted by atomic mass is 28.4. The molecule has 0 heterocycles. The average molecular weight is 615 g/mol. The maximum Gasteiger partial charge on any atom is 0.307 e. The third-order valence-corrected chi connectivity index (χ3v) is 10.7. The van der Waals surface area contributed by atoms with Crippen LogP contribution in [0.5, 0.6) is 0 Å². The number of carbonyl (C=O) groups excluding carboxylic acids is 1. The molecule has 0 aromatic rings. The fourth-order valence-corrected chi connectivity index (χ4v) is 3.72. The van der Waals surface area contributed by atoms with E-state index in [1.807, 2.05) is 0 Å². The number of carbonyl (C=O) groups is 1. The monoisotopic (exact) mass is 614 g/mol. The van der Waals surface area contributed by atoms with Crippen molar-refractivity contribution < 1.29 is 56.6 Å². The number of hydrogen-bond donors (Lipinski definition) is 0. The summed E-state index contributed by atoms with van der Waals surface area (Å²) in [4.78, 5) is 10.9. The molecule has 0 rings (SSSR count). The fraction of sp³-hybridized carbons (Fsp3) is 0.964.